The number of esters is 1. The van der Waals surface area contributed by atoms with Gasteiger partial charge in [0.1, 0.15) is 9.90 Å². The van der Waals surface area contributed by atoms with Gasteiger partial charge in [0.25, 0.3) is 5.91 Å². The van der Waals surface area contributed by atoms with Crippen molar-refractivity contribution in [2.24, 2.45) is 0 Å². The maximum absolute atomic E-state index is 12.8. The summed E-state index contributed by atoms with van der Waals surface area (Å²) in [6.07, 6.45) is 3.35. The van der Waals surface area contributed by atoms with Crippen molar-refractivity contribution in [3.05, 3.63) is 76.9 Å². The highest BCUT2D eigenvalue weighted by Gasteiger charge is 2.31. The number of rotatable bonds is 6. The molecule has 0 spiro atoms. The quantitative estimate of drug-likeness (QED) is 0.160. The van der Waals surface area contributed by atoms with Gasteiger partial charge in [-0.1, -0.05) is 54.3 Å². The van der Waals surface area contributed by atoms with Crippen molar-refractivity contribution < 1.29 is 23.5 Å². The highest BCUT2D eigenvalue weighted by atomic mass is 32.2. The number of furan rings is 1. The van der Waals surface area contributed by atoms with Gasteiger partial charge in [0.15, 0.2) is 11.5 Å². The van der Waals surface area contributed by atoms with Crippen molar-refractivity contribution in [3.63, 3.8) is 0 Å². The van der Waals surface area contributed by atoms with Crippen LogP contribution in [0.15, 0.2) is 64.4 Å². The lowest BCUT2D eigenvalue weighted by atomic mass is 10.1. The maximum atomic E-state index is 12.8. The average molecular weight is 466 g/mol. The summed E-state index contributed by atoms with van der Waals surface area (Å²) in [4.78, 5) is 27.3. The van der Waals surface area contributed by atoms with Crippen LogP contribution in [0.5, 0.6) is 11.5 Å². The minimum atomic E-state index is -0.616. The Morgan fingerprint density at radius 3 is 2.75 bits per heavy atom. The summed E-state index contributed by atoms with van der Waals surface area (Å²) < 4.78 is 17.1. The Balaban J connectivity index is 1.58. The molecule has 162 valence electrons. The molecule has 0 radical (unpaired) electrons. The third-order valence-corrected chi connectivity index (χ3v) is 6.28. The Kier molecular flexibility index (Phi) is 6.16. The number of nitrogens with zero attached hydrogens (tertiary/aromatic N) is 1. The van der Waals surface area contributed by atoms with Crippen LogP contribution in [0.1, 0.15) is 21.7 Å². The van der Waals surface area contributed by atoms with E-state index in [0.29, 0.717) is 38.2 Å². The van der Waals surface area contributed by atoms with E-state index in [9.17, 15) is 9.59 Å². The third kappa shape index (κ3) is 4.06. The van der Waals surface area contributed by atoms with Crippen LogP contribution in [0, 0.1) is 6.92 Å². The number of thiocarbonyl (C=S) groups is 1. The number of aryl methyl sites for hydroxylation is 1. The first-order chi connectivity index (χ1) is 15.4. The molecular weight excluding hydrogens is 446 g/mol. The molecule has 0 aliphatic carbocycles. The number of thioether (sulfide) groups is 1. The van der Waals surface area contributed by atoms with E-state index in [1.165, 1.54) is 23.8 Å². The SMILES string of the molecule is C=CCN1C(=O)/C(=C/c2ccc(OC(=O)c3oc4ccccc4c3C)c(OC)c2)SC1=S. The van der Waals surface area contributed by atoms with Crippen LogP contribution in [0.4, 0.5) is 0 Å². The fourth-order valence-electron chi connectivity index (χ4n) is 3.31. The zero-order valence-corrected chi connectivity index (χ0v) is 19.0. The number of carbonyl (C=O) groups is 2. The highest BCUT2D eigenvalue weighted by Crippen LogP contribution is 2.35. The van der Waals surface area contributed by atoms with Gasteiger partial charge >= 0.3 is 5.97 Å². The van der Waals surface area contributed by atoms with Crippen LogP contribution in [0.25, 0.3) is 17.0 Å². The fraction of sp³-hybridized carbons (Fsp3) is 0.125. The molecular formula is C24H19NO5S2. The molecule has 1 aliphatic rings. The standard InChI is InChI=1S/C24H19NO5S2/c1-4-11-25-22(26)20(32-24(25)31)13-15-9-10-18(19(12-15)28-3)30-23(27)21-14(2)16-7-5-6-8-17(16)29-21/h4-10,12-13H,1,11H2,2-3H3/b20-13-. The largest absolute Gasteiger partial charge is 0.493 e. The second-order valence-corrected chi connectivity index (χ2v) is 8.61. The van der Waals surface area contributed by atoms with Crippen molar-refractivity contribution in [1.29, 1.82) is 0 Å². The van der Waals surface area contributed by atoms with Gasteiger partial charge in [-0.2, -0.15) is 0 Å². The molecule has 0 bridgehead atoms. The number of para-hydroxylation sites is 1. The number of carbonyl (C=O) groups excluding carboxylic acids is 2. The molecule has 0 N–H and O–H groups in total. The molecule has 1 aromatic heterocycles. The van der Waals surface area contributed by atoms with Crippen molar-refractivity contribution in [1.82, 2.24) is 4.90 Å². The molecule has 2 heterocycles. The minimum Gasteiger partial charge on any atom is -0.493 e. The molecule has 6 nitrogen and oxygen atoms in total. The Labute approximate surface area is 194 Å². The first-order valence-electron chi connectivity index (χ1n) is 9.67. The van der Waals surface area contributed by atoms with Crippen LogP contribution in [-0.2, 0) is 4.79 Å². The van der Waals surface area contributed by atoms with E-state index >= 15 is 0 Å². The molecule has 4 rings (SSSR count). The molecule has 3 aromatic rings. The third-order valence-electron chi connectivity index (χ3n) is 4.90. The first kappa shape index (κ1) is 21.9. The van der Waals surface area contributed by atoms with E-state index in [4.69, 9.17) is 26.1 Å². The number of hydrogen-bond donors (Lipinski definition) is 0. The summed E-state index contributed by atoms with van der Waals surface area (Å²) in [5, 5.41) is 0.857. The molecule has 1 saturated heterocycles. The lowest BCUT2D eigenvalue weighted by Gasteiger charge is -2.10. The minimum absolute atomic E-state index is 0.142. The van der Waals surface area contributed by atoms with Crippen LogP contribution in [0.2, 0.25) is 0 Å². The summed E-state index contributed by atoms with van der Waals surface area (Å²) in [6.45, 7) is 5.82. The molecule has 1 amide bonds. The van der Waals surface area contributed by atoms with Crippen LogP contribution in [0.3, 0.4) is 0 Å². The first-order valence-corrected chi connectivity index (χ1v) is 10.9. The van der Waals surface area contributed by atoms with Gasteiger partial charge in [-0.15, -0.1) is 6.58 Å². The Hall–Kier alpha value is -3.36. The number of methoxy groups -OCH3 is 1. The number of hydrogen-bond acceptors (Lipinski definition) is 7. The molecule has 2 aromatic carbocycles. The normalized spacial score (nSPS) is 14.9. The van der Waals surface area contributed by atoms with Crippen molar-refractivity contribution >= 4 is 57.2 Å². The Morgan fingerprint density at radius 1 is 1.25 bits per heavy atom. The van der Waals surface area contributed by atoms with Crippen molar-refractivity contribution in [2.45, 2.75) is 6.92 Å². The summed E-state index contributed by atoms with van der Waals surface area (Å²) in [7, 11) is 1.48. The molecule has 1 fully saturated rings. The molecule has 32 heavy (non-hydrogen) atoms. The maximum Gasteiger partial charge on any atom is 0.380 e. The predicted octanol–water partition coefficient (Wildman–Crippen LogP) is 5.36. The zero-order chi connectivity index (χ0) is 22.8. The van der Waals surface area contributed by atoms with Gasteiger partial charge in [0, 0.05) is 17.5 Å². The van der Waals surface area contributed by atoms with Gasteiger partial charge in [0.05, 0.1) is 12.0 Å². The molecule has 8 heteroatoms. The molecule has 1 aliphatic heterocycles. The van der Waals surface area contributed by atoms with Gasteiger partial charge in [-0.3, -0.25) is 9.69 Å². The summed E-state index contributed by atoms with van der Waals surface area (Å²) in [5.41, 5.74) is 2.04. The molecule has 0 unspecified atom stereocenters. The number of fused-ring (bicyclic) bond motifs is 1. The van der Waals surface area contributed by atoms with Gasteiger partial charge in [-0.05, 0) is 36.8 Å². The lowest BCUT2D eigenvalue weighted by molar-refractivity contribution is -0.121. The Morgan fingerprint density at radius 2 is 2.03 bits per heavy atom. The van der Waals surface area contributed by atoms with E-state index in [1.54, 1.807) is 36.4 Å². The predicted molar refractivity (Wildman–Crippen MR) is 129 cm³/mol. The van der Waals surface area contributed by atoms with Crippen molar-refractivity contribution in [2.75, 3.05) is 13.7 Å². The number of ether oxygens (including phenoxy) is 2. The topological polar surface area (TPSA) is 69.0 Å². The van der Waals surface area contributed by atoms with Crippen LogP contribution >= 0.6 is 24.0 Å². The van der Waals surface area contributed by atoms with E-state index < -0.39 is 5.97 Å². The lowest BCUT2D eigenvalue weighted by Crippen LogP contribution is -2.27. The monoisotopic (exact) mass is 465 g/mol. The van der Waals surface area contributed by atoms with E-state index in [2.05, 4.69) is 6.58 Å². The summed E-state index contributed by atoms with van der Waals surface area (Å²) in [5.74, 6) is -0.0517. The summed E-state index contributed by atoms with van der Waals surface area (Å²) >= 11 is 6.49. The van der Waals surface area contributed by atoms with E-state index in [-0.39, 0.29) is 17.4 Å². The highest BCUT2D eigenvalue weighted by molar-refractivity contribution is 8.26. The second kappa shape index (κ2) is 9.02. The van der Waals surface area contributed by atoms with Crippen LogP contribution in [-0.4, -0.2) is 34.8 Å². The molecule has 0 saturated carbocycles. The Bertz CT molecular complexity index is 1290. The van der Waals surface area contributed by atoms with Gasteiger partial charge < -0.3 is 13.9 Å². The van der Waals surface area contributed by atoms with Gasteiger partial charge in [0.2, 0.25) is 5.76 Å². The van der Waals surface area contributed by atoms with E-state index in [1.807, 2.05) is 25.1 Å². The number of benzene rings is 2. The van der Waals surface area contributed by atoms with Crippen molar-refractivity contribution in [3.8, 4) is 11.5 Å². The molecule has 0 atom stereocenters. The summed E-state index contributed by atoms with van der Waals surface area (Å²) in [6, 6.07) is 12.4. The van der Waals surface area contributed by atoms with E-state index in [0.717, 1.165) is 5.39 Å². The zero-order valence-electron chi connectivity index (χ0n) is 17.4. The number of amides is 1. The smallest absolute Gasteiger partial charge is 0.380 e. The van der Waals surface area contributed by atoms with Crippen LogP contribution < -0.4 is 9.47 Å². The fourth-order valence-corrected chi connectivity index (χ4v) is 4.59. The second-order valence-electron chi connectivity index (χ2n) is 6.93. The average Bonchev–Trinajstić information content (AvgIpc) is 3.26. The van der Waals surface area contributed by atoms with Gasteiger partial charge in [-0.25, -0.2) is 4.79 Å².